The topological polar surface area (TPSA) is 46.3 Å². The van der Waals surface area contributed by atoms with Crippen molar-refractivity contribution < 1.29 is 4.79 Å². The highest BCUT2D eigenvalue weighted by Gasteiger charge is 2.49. The van der Waals surface area contributed by atoms with Gasteiger partial charge in [-0.25, -0.2) is 0 Å². The Morgan fingerprint density at radius 1 is 0.923 bits per heavy atom. The third-order valence-electron chi connectivity index (χ3n) is 4.68. The van der Waals surface area contributed by atoms with Crippen LogP contribution in [0.4, 0.5) is 5.69 Å². The molecule has 130 valence electrons. The van der Waals surface area contributed by atoms with E-state index in [4.69, 9.17) is 28.9 Å². The van der Waals surface area contributed by atoms with Gasteiger partial charge in [0.25, 0.3) is 5.91 Å². The van der Waals surface area contributed by atoms with Gasteiger partial charge in [0.05, 0.1) is 0 Å². The van der Waals surface area contributed by atoms with Gasteiger partial charge in [-0.15, -0.1) is 0 Å². The highest BCUT2D eigenvalue weighted by Crippen LogP contribution is 2.48. The molecule has 0 aromatic heterocycles. The number of carbonyl (C=O) groups excluding carboxylic acids is 1. The average Bonchev–Trinajstić information content (AvgIpc) is 2.87. The SMILES string of the molecule is Nc1ccc(CN2C(=O)c3ccccc3C2(Cl)c2ccc(Cl)cc2)cc1. The zero-order valence-corrected chi connectivity index (χ0v) is 15.3. The molecular weight excluding hydrogens is 367 g/mol. The van der Waals surface area contributed by atoms with Gasteiger partial charge in [0, 0.05) is 28.4 Å². The summed E-state index contributed by atoms with van der Waals surface area (Å²) in [4.78, 5) is 13.7. The van der Waals surface area contributed by atoms with Gasteiger partial charge < -0.3 is 10.6 Å². The number of hydrogen-bond acceptors (Lipinski definition) is 2. The van der Waals surface area contributed by atoms with E-state index in [1.165, 1.54) is 0 Å². The quantitative estimate of drug-likeness (QED) is 0.392. The molecule has 0 saturated heterocycles. The molecular formula is C21H16Cl2N2O. The fraction of sp³-hybridized carbons (Fsp3) is 0.0952. The van der Waals surface area contributed by atoms with Crippen LogP contribution >= 0.6 is 23.2 Å². The summed E-state index contributed by atoms with van der Waals surface area (Å²) < 4.78 is 0. The first-order valence-electron chi connectivity index (χ1n) is 8.21. The molecule has 4 rings (SSSR count). The van der Waals surface area contributed by atoms with E-state index in [1.54, 1.807) is 17.0 Å². The molecule has 0 radical (unpaired) electrons. The van der Waals surface area contributed by atoms with Crippen molar-refractivity contribution in [2.45, 2.75) is 11.5 Å². The standard InChI is InChI=1S/C21H16Cl2N2O/c22-16-9-7-15(8-10-16)21(23)19-4-2-1-3-18(19)20(26)25(21)13-14-5-11-17(24)12-6-14/h1-12H,13,24H2. The van der Waals surface area contributed by atoms with Crippen LogP contribution in [0.25, 0.3) is 0 Å². The third kappa shape index (κ3) is 2.64. The second-order valence-corrected chi connectivity index (χ2v) is 7.29. The van der Waals surface area contributed by atoms with Gasteiger partial charge in [0.2, 0.25) is 0 Å². The van der Waals surface area contributed by atoms with Crippen molar-refractivity contribution in [1.29, 1.82) is 0 Å². The minimum absolute atomic E-state index is 0.0950. The number of nitrogen functional groups attached to an aromatic ring is 1. The first-order chi connectivity index (χ1) is 12.5. The number of nitrogens with two attached hydrogens (primary N) is 1. The largest absolute Gasteiger partial charge is 0.399 e. The maximum absolute atomic E-state index is 13.1. The maximum atomic E-state index is 13.1. The number of halogens is 2. The van der Waals surface area contributed by atoms with E-state index in [9.17, 15) is 4.79 Å². The van der Waals surface area contributed by atoms with Gasteiger partial charge in [-0.1, -0.05) is 65.7 Å². The van der Waals surface area contributed by atoms with E-state index in [-0.39, 0.29) is 5.91 Å². The van der Waals surface area contributed by atoms with E-state index in [2.05, 4.69) is 0 Å². The summed E-state index contributed by atoms with van der Waals surface area (Å²) in [5, 5.41) is 0.622. The van der Waals surface area contributed by atoms with Gasteiger partial charge in [-0.2, -0.15) is 0 Å². The number of alkyl halides is 1. The summed E-state index contributed by atoms with van der Waals surface area (Å²) in [7, 11) is 0. The number of benzene rings is 3. The molecule has 1 atom stereocenters. The molecule has 1 heterocycles. The third-order valence-corrected chi connectivity index (χ3v) is 5.56. The van der Waals surface area contributed by atoms with Crippen LogP contribution in [-0.2, 0) is 11.5 Å². The molecule has 3 aromatic rings. The van der Waals surface area contributed by atoms with Gasteiger partial charge >= 0.3 is 0 Å². The molecule has 1 unspecified atom stereocenters. The molecule has 0 saturated carbocycles. The van der Waals surface area contributed by atoms with Gasteiger partial charge in [0.1, 0.15) is 0 Å². The van der Waals surface area contributed by atoms with Crippen molar-refractivity contribution in [1.82, 2.24) is 4.90 Å². The fourth-order valence-electron chi connectivity index (χ4n) is 3.36. The fourth-order valence-corrected chi connectivity index (χ4v) is 3.91. The molecule has 26 heavy (non-hydrogen) atoms. The molecule has 3 nitrogen and oxygen atoms in total. The molecule has 0 aliphatic carbocycles. The van der Waals surface area contributed by atoms with Crippen molar-refractivity contribution in [2.75, 3.05) is 5.73 Å². The van der Waals surface area contributed by atoms with Crippen molar-refractivity contribution in [3.05, 3.63) is 100 Å². The van der Waals surface area contributed by atoms with Crippen LogP contribution in [0.15, 0.2) is 72.8 Å². The predicted octanol–water partition coefficient (Wildman–Crippen LogP) is 5.02. The Morgan fingerprint density at radius 2 is 1.58 bits per heavy atom. The Bertz CT molecular complexity index is 970. The number of nitrogens with zero attached hydrogens (tertiary/aromatic N) is 1. The summed E-state index contributed by atoms with van der Waals surface area (Å²) in [6, 6.07) is 22.2. The average molecular weight is 383 g/mol. The Morgan fingerprint density at radius 3 is 2.27 bits per heavy atom. The van der Waals surface area contributed by atoms with E-state index in [0.29, 0.717) is 22.8 Å². The zero-order valence-electron chi connectivity index (χ0n) is 13.8. The zero-order chi connectivity index (χ0) is 18.3. The summed E-state index contributed by atoms with van der Waals surface area (Å²) in [6.07, 6.45) is 0. The van der Waals surface area contributed by atoms with Crippen LogP contribution in [0.1, 0.15) is 27.0 Å². The first-order valence-corrected chi connectivity index (χ1v) is 8.96. The van der Waals surface area contributed by atoms with E-state index < -0.39 is 5.00 Å². The molecule has 1 amide bonds. The van der Waals surface area contributed by atoms with Crippen molar-refractivity contribution in [3.8, 4) is 0 Å². The highest BCUT2D eigenvalue weighted by molar-refractivity contribution is 6.31. The van der Waals surface area contributed by atoms with Crippen molar-refractivity contribution in [2.24, 2.45) is 0 Å². The molecule has 3 aromatic carbocycles. The number of amides is 1. The Balaban J connectivity index is 1.84. The molecule has 1 aliphatic heterocycles. The predicted molar refractivity (Wildman–Crippen MR) is 105 cm³/mol. The lowest BCUT2D eigenvalue weighted by Gasteiger charge is -2.34. The Kier molecular flexibility index (Phi) is 4.14. The molecule has 0 spiro atoms. The summed E-state index contributed by atoms with van der Waals surface area (Å²) in [5.74, 6) is -0.0950. The lowest BCUT2D eigenvalue weighted by atomic mass is 9.97. The molecule has 0 bridgehead atoms. The molecule has 2 N–H and O–H groups in total. The number of rotatable bonds is 3. The Hall–Kier alpha value is -2.49. The van der Waals surface area contributed by atoms with Crippen LogP contribution in [0.2, 0.25) is 5.02 Å². The number of fused-ring (bicyclic) bond motifs is 1. The van der Waals surface area contributed by atoms with E-state index >= 15 is 0 Å². The van der Waals surface area contributed by atoms with Gasteiger partial charge in [-0.05, 0) is 41.5 Å². The molecule has 0 fully saturated rings. The molecule has 1 aliphatic rings. The number of hydrogen-bond donors (Lipinski definition) is 1. The lowest BCUT2D eigenvalue weighted by molar-refractivity contribution is 0.0702. The highest BCUT2D eigenvalue weighted by atomic mass is 35.5. The number of anilines is 1. The van der Waals surface area contributed by atoms with E-state index in [0.717, 1.165) is 16.7 Å². The molecule has 5 heteroatoms. The van der Waals surface area contributed by atoms with Crippen LogP contribution in [0, 0.1) is 0 Å². The Labute approximate surface area is 162 Å². The normalized spacial score (nSPS) is 18.8. The van der Waals surface area contributed by atoms with Crippen LogP contribution in [-0.4, -0.2) is 10.8 Å². The summed E-state index contributed by atoms with van der Waals surface area (Å²) >= 11 is 13.2. The monoisotopic (exact) mass is 382 g/mol. The van der Waals surface area contributed by atoms with E-state index in [1.807, 2.05) is 60.7 Å². The minimum Gasteiger partial charge on any atom is -0.399 e. The maximum Gasteiger partial charge on any atom is 0.256 e. The summed E-state index contributed by atoms with van der Waals surface area (Å²) in [5.41, 5.74) is 9.61. The second kappa shape index (κ2) is 6.35. The van der Waals surface area contributed by atoms with Crippen molar-refractivity contribution in [3.63, 3.8) is 0 Å². The van der Waals surface area contributed by atoms with Crippen LogP contribution < -0.4 is 5.73 Å². The van der Waals surface area contributed by atoms with Crippen molar-refractivity contribution >= 4 is 34.8 Å². The van der Waals surface area contributed by atoms with Crippen LogP contribution in [0.5, 0.6) is 0 Å². The van der Waals surface area contributed by atoms with Crippen LogP contribution in [0.3, 0.4) is 0 Å². The smallest absolute Gasteiger partial charge is 0.256 e. The minimum atomic E-state index is -1.08. The lowest BCUT2D eigenvalue weighted by Crippen LogP contribution is -2.39. The first kappa shape index (κ1) is 17.0. The summed E-state index contributed by atoms with van der Waals surface area (Å²) in [6.45, 7) is 0.375. The second-order valence-electron chi connectivity index (χ2n) is 6.31. The van der Waals surface area contributed by atoms with Gasteiger partial charge in [-0.3, -0.25) is 4.79 Å². The number of carbonyl (C=O) groups is 1. The van der Waals surface area contributed by atoms with Gasteiger partial charge in [0.15, 0.2) is 5.00 Å².